The topological polar surface area (TPSA) is 304 Å². The van der Waals surface area contributed by atoms with Gasteiger partial charge in [0.15, 0.2) is 0 Å². The number of aliphatic hydroxyl groups is 1. The molecule has 0 saturated carbocycles. The SMILES string of the molecule is CC(C)[C@H](NC(=O)[C@H](Cc1ccc(O)cc1)NC(=O)[C@@H](N)[C@@H](C)O)C(=O)N1CCC[C@H]1C(=O)N[C@@H](CCCCN)C(=O)N[C@@H](CCC(=O)O)C(=O)O. The van der Waals surface area contributed by atoms with Crippen molar-refractivity contribution in [2.75, 3.05) is 13.1 Å². The van der Waals surface area contributed by atoms with Gasteiger partial charge >= 0.3 is 11.9 Å². The minimum absolute atomic E-state index is 0.0118. The second-order valence-corrected chi connectivity index (χ2v) is 13.3. The first-order chi connectivity index (χ1) is 24.5. The van der Waals surface area contributed by atoms with E-state index < -0.39 is 96.2 Å². The number of carboxylic acid groups (broad SMARTS) is 2. The van der Waals surface area contributed by atoms with Crippen LogP contribution in [0.2, 0.25) is 0 Å². The molecule has 0 bridgehead atoms. The average molecular weight is 736 g/mol. The fourth-order valence-electron chi connectivity index (χ4n) is 5.64. The number of hydrogen-bond acceptors (Lipinski definition) is 11. The van der Waals surface area contributed by atoms with Crippen molar-refractivity contribution in [1.29, 1.82) is 0 Å². The molecule has 1 heterocycles. The van der Waals surface area contributed by atoms with Crippen molar-refractivity contribution >= 4 is 41.5 Å². The maximum absolute atomic E-state index is 14.0. The molecule has 1 fully saturated rings. The average Bonchev–Trinajstić information content (AvgIpc) is 3.58. The number of phenolic OH excluding ortho intramolecular Hbond substituents is 1. The molecule has 5 amide bonds. The molecule has 1 aliphatic rings. The molecule has 2 rings (SSSR count). The Hall–Kier alpha value is -4.81. The lowest BCUT2D eigenvalue weighted by atomic mass is 9.99. The summed E-state index contributed by atoms with van der Waals surface area (Å²) >= 11 is 0. The largest absolute Gasteiger partial charge is 0.508 e. The Balaban J connectivity index is 2.27. The van der Waals surface area contributed by atoms with Gasteiger partial charge in [-0.3, -0.25) is 28.8 Å². The number of hydrogen-bond donors (Lipinski definition) is 10. The predicted octanol–water partition coefficient (Wildman–Crippen LogP) is -1.69. The highest BCUT2D eigenvalue weighted by Gasteiger charge is 2.41. The molecule has 1 aromatic carbocycles. The number of rotatable bonds is 21. The first-order valence-corrected chi connectivity index (χ1v) is 17.3. The van der Waals surface area contributed by atoms with Crippen LogP contribution in [0.15, 0.2) is 24.3 Å². The summed E-state index contributed by atoms with van der Waals surface area (Å²) in [4.78, 5) is 91.3. The van der Waals surface area contributed by atoms with Crippen molar-refractivity contribution in [3.63, 3.8) is 0 Å². The smallest absolute Gasteiger partial charge is 0.326 e. The molecule has 0 unspecified atom stereocenters. The van der Waals surface area contributed by atoms with Crippen LogP contribution in [0.1, 0.15) is 71.3 Å². The van der Waals surface area contributed by atoms with Crippen LogP contribution in [0.5, 0.6) is 5.75 Å². The van der Waals surface area contributed by atoms with Gasteiger partial charge in [-0.15, -0.1) is 0 Å². The molecule has 0 aromatic heterocycles. The van der Waals surface area contributed by atoms with Crippen molar-refractivity contribution in [3.05, 3.63) is 29.8 Å². The highest BCUT2D eigenvalue weighted by atomic mass is 16.4. The zero-order valence-corrected chi connectivity index (χ0v) is 29.7. The fraction of sp³-hybridized carbons (Fsp3) is 0.618. The lowest BCUT2D eigenvalue weighted by Crippen LogP contribution is -2.60. The predicted molar refractivity (Wildman–Crippen MR) is 186 cm³/mol. The van der Waals surface area contributed by atoms with E-state index in [1.807, 2.05) is 0 Å². The summed E-state index contributed by atoms with van der Waals surface area (Å²) in [6.07, 6.45) is -0.483. The fourth-order valence-corrected chi connectivity index (χ4v) is 5.64. The first-order valence-electron chi connectivity index (χ1n) is 17.3. The van der Waals surface area contributed by atoms with E-state index in [0.717, 1.165) is 0 Å². The lowest BCUT2D eigenvalue weighted by molar-refractivity contribution is -0.144. The number of amides is 5. The number of carbonyl (C=O) groups excluding carboxylic acids is 5. The number of aliphatic hydroxyl groups excluding tert-OH is 1. The van der Waals surface area contributed by atoms with E-state index >= 15 is 0 Å². The third-order valence-electron chi connectivity index (χ3n) is 8.74. The molecule has 1 aromatic rings. The Morgan fingerprint density at radius 2 is 1.46 bits per heavy atom. The number of nitrogens with two attached hydrogens (primary N) is 2. The van der Waals surface area contributed by atoms with Crippen LogP contribution in [0.25, 0.3) is 0 Å². The Labute approximate surface area is 302 Å². The van der Waals surface area contributed by atoms with Crippen LogP contribution in [0.3, 0.4) is 0 Å². The molecule has 0 aliphatic carbocycles. The third kappa shape index (κ3) is 13.4. The number of unbranched alkanes of at least 4 members (excludes halogenated alkanes) is 1. The van der Waals surface area contributed by atoms with Gasteiger partial charge < -0.3 is 58.1 Å². The van der Waals surface area contributed by atoms with Crippen LogP contribution in [0, 0.1) is 5.92 Å². The maximum atomic E-state index is 14.0. The van der Waals surface area contributed by atoms with E-state index in [4.69, 9.17) is 16.6 Å². The van der Waals surface area contributed by atoms with Crippen molar-refractivity contribution in [1.82, 2.24) is 26.2 Å². The summed E-state index contributed by atoms with van der Waals surface area (Å²) < 4.78 is 0. The van der Waals surface area contributed by atoms with E-state index in [1.165, 1.54) is 24.0 Å². The summed E-state index contributed by atoms with van der Waals surface area (Å²) in [5, 5.41) is 48.1. The second-order valence-electron chi connectivity index (χ2n) is 13.3. The Bertz CT molecular complexity index is 1410. The molecular formula is C34H53N7O11. The van der Waals surface area contributed by atoms with Gasteiger partial charge in [0.1, 0.15) is 42.0 Å². The number of likely N-dealkylation sites (tertiary alicyclic amines) is 1. The molecule has 1 saturated heterocycles. The van der Waals surface area contributed by atoms with Crippen LogP contribution in [0.4, 0.5) is 0 Å². The van der Waals surface area contributed by atoms with Gasteiger partial charge in [0, 0.05) is 19.4 Å². The van der Waals surface area contributed by atoms with E-state index in [1.54, 1.807) is 26.0 Å². The van der Waals surface area contributed by atoms with Gasteiger partial charge in [0.25, 0.3) is 0 Å². The Morgan fingerprint density at radius 3 is 2.02 bits per heavy atom. The number of phenols is 1. The number of carboxylic acids is 2. The van der Waals surface area contributed by atoms with Gasteiger partial charge in [-0.25, -0.2) is 4.79 Å². The lowest BCUT2D eigenvalue weighted by Gasteiger charge is -2.32. The zero-order chi connectivity index (χ0) is 39.1. The van der Waals surface area contributed by atoms with Gasteiger partial charge in [0.2, 0.25) is 29.5 Å². The van der Waals surface area contributed by atoms with E-state index in [2.05, 4.69) is 21.3 Å². The van der Waals surface area contributed by atoms with Gasteiger partial charge in [0.05, 0.1) is 6.10 Å². The number of benzene rings is 1. The van der Waals surface area contributed by atoms with E-state index in [0.29, 0.717) is 31.4 Å². The molecule has 18 nitrogen and oxygen atoms in total. The van der Waals surface area contributed by atoms with Gasteiger partial charge in [-0.1, -0.05) is 26.0 Å². The quantitative estimate of drug-likeness (QED) is 0.0631. The first kappa shape index (κ1) is 43.4. The molecule has 18 heteroatoms. The minimum Gasteiger partial charge on any atom is -0.508 e. The summed E-state index contributed by atoms with van der Waals surface area (Å²) in [6.45, 7) is 5.16. The van der Waals surface area contributed by atoms with Crippen LogP contribution in [-0.2, 0) is 40.0 Å². The summed E-state index contributed by atoms with van der Waals surface area (Å²) in [5.41, 5.74) is 11.9. The molecule has 1 aliphatic heterocycles. The van der Waals surface area contributed by atoms with Crippen LogP contribution < -0.4 is 32.7 Å². The number of nitrogens with one attached hydrogen (secondary N) is 4. The molecule has 290 valence electrons. The van der Waals surface area contributed by atoms with Crippen molar-refractivity contribution in [2.24, 2.45) is 17.4 Å². The number of nitrogens with zero attached hydrogens (tertiary/aromatic N) is 1. The van der Waals surface area contributed by atoms with Crippen molar-refractivity contribution in [2.45, 2.75) is 114 Å². The van der Waals surface area contributed by atoms with E-state index in [9.17, 15) is 48.9 Å². The van der Waals surface area contributed by atoms with Gasteiger partial charge in [-0.2, -0.15) is 0 Å². The Morgan fingerprint density at radius 1 is 0.846 bits per heavy atom. The normalized spacial score (nSPS) is 17.6. The maximum Gasteiger partial charge on any atom is 0.326 e. The number of aromatic hydroxyl groups is 1. The summed E-state index contributed by atoms with van der Waals surface area (Å²) in [6, 6.07) is -1.58. The Kier molecular flexibility index (Phi) is 17.4. The van der Waals surface area contributed by atoms with Crippen LogP contribution in [-0.4, -0.2) is 122 Å². The second kappa shape index (κ2) is 20.9. The van der Waals surface area contributed by atoms with E-state index in [-0.39, 0.29) is 38.0 Å². The minimum atomic E-state index is -1.51. The van der Waals surface area contributed by atoms with Crippen molar-refractivity contribution in [3.8, 4) is 5.75 Å². The monoisotopic (exact) mass is 735 g/mol. The third-order valence-corrected chi connectivity index (χ3v) is 8.74. The molecule has 12 N–H and O–H groups in total. The molecular weight excluding hydrogens is 682 g/mol. The molecule has 7 atom stereocenters. The molecule has 0 spiro atoms. The van der Waals surface area contributed by atoms with Gasteiger partial charge in [-0.05, 0) is 75.6 Å². The standard InChI is InChI=1S/C34H53N7O11/c1-18(2)28(40-30(47)24(39-32(49)27(36)19(3)42)17-20-9-11-21(43)12-10-20)33(50)41-16-6-8-25(41)31(48)37-22(7-4-5-15-35)29(46)38-23(34(51)52)13-14-26(44)45/h9-12,18-19,22-25,27-28,42-43H,4-8,13-17,35-36H2,1-3H3,(H,37,48)(H,38,46)(H,39,49)(H,40,47)(H,44,45)(H,51,52)/t19-,22+,23+,24+,25+,27+,28+/m1/s1. The molecule has 0 radical (unpaired) electrons. The van der Waals surface area contributed by atoms with Crippen molar-refractivity contribution < 1.29 is 54.0 Å². The molecule has 52 heavy (non-hydrogen) atoms. The zero-order valence-electron chi connectivity index (χ0n) is 29.7. The highest BCUT2D eigenvalue weighted by Crippen LogP contribution is 2.21. The highest BCUT2D eigenvalue weighted by molar-refractivity contribution is 5.97. The van der Waals surface area contributed by atoms with Crippen LogP contribution >= 0.6 is 0 Å². The number of aliphatic carboxylic acids is 2. The summed E-state index contributed by atoms with van der Waals surface area (Å²) in [7, 11) is 0. The summed E-state index contributed by atoms with van der Waals surface area (Å²) in [5.74, 6) is -6.81. The number of carbonyl (C=O) groups is 7.